The highest BCUT2D eigenvalue weighted by Gasteiger charge is 2.29. The van der Waals surface area contributed by atoms with Gasteiger partial charge in [-0.15, -0.1) is 0 Å². The van der Waals surface area contributed by atoms with E-state index < -0.39 is 0 Å². The lowest BCUT2D eigenvalue weighted by atomic mass is 9.92. The number of hydrogen-bond donors (Lipinski definition) is 1. The van der Waals surface area contributed by atoms with Gasteiger partial charge in [0.15, 0.2) is 0 Å². The van der Waals surface area contributed by atoms with Gasteiger partial charge in [-0.1, -0.05) is 12.8 Å². The minimum Gasteiger partial charge on any atom is -0.383 e. The largest absolute Gasteiger partial charge is 0.383 e. The van der Waals surface area contributed by atoms with Gasteiger partial charge in [-0.2, -0.15) is 5.10 Å². The summed E-state index contributed by atoms with van der Waals surface area (Å²) in [5.74, 6) is 0.784. The number of aryl methyl sites for hydroxylation is 1. The van der Waals surface area contributed by atoms with E-state index >= 15 is 0 Å². The quantitative estimate of drug-likeness (QED) is 0.845. The molecular weight excluding hydrogens is 317 g/mol. The molecule has 0 spiro atoms. The number of ether oxygens (including phenoxy) is 1. The average molecular weight is 335 g/mol. The third-order valence-corrected chi connectivity index (χ3v) is 4.66. The minimum atomic E-state index is 0.256. The summed E-state index contributed by atoms with van der Waals surface area (Å²) in [7, 11) is 1.78. The fraction of sp³-hybridized carbons (Fsp3) is 0.727. The van der Waals surface area contributed by atoms with Gasteiger partial charge in [0.25, 0.3) is 0 Å². The summed E-state index contributed by atoms with van der Waals surface area (Å²) in [5.41, 5.74) is 7.10. The van der Waals surface area contributed by atoms with Gasteiger partial charge in [0.05, 0.1) is 21.4 Å². The van der Waals surface area contributed by atoms with Crippen molar-refractivity contribution in [2.75, 3.05) is 12.8 Å². The van der Waals surface area contributed by atoms with Gasteiger partial charge in [0.2, 0.25) is 0 Å². The van der Waals surface area contributed by atoms with Crippen molar-refractivity contribution in [3.05, 3.63) is 9.26 Å². The van der Waals surface area contributed by atoms with Crippen LogP contribution in [0.2, 0.25) is 0 Å². The molecule has 2 unspecified atom stereocenters. The number of methoxy groups -OCH3 is 1. The van der Waals surface area contributed by atoms with Gasteiger partial charge in [-0.3, -0.25) is 0 Å². The second-order valence-electron chi connectivity index (χ2n) is 4.36. The lowest BCUT2D eigenvalue weighted by molar-refractivity contribution is 0.0253. The maximum atomic E-state index is 6.09. The van der Waals surface area contributed by atoms with Crippen molar-refractivity contribution in [1.29, 1.82) is 0 Å². The Labute approximate surface area is 110 Å². The predicted molar refractivity (Wildman–Crippen MR) is 72.4 cm³/mol. The Hall–Kier alpha value is -0.300. The second kappa shape index (κ2) is 4.91. The molecule has 0 bridgehead atoms. The first-order valence-electron chi connectivity index (χ1n) is 5.68. The molecule has 5 heteroatoms. The fourth-order valence-corrected chi connectivity index (χ4v) is 2.79. The zero-order valence-corrected chi connectivity index (χ0v) is 11.9. The Balaban J connectivity index is 2.30. The Bertz CT molecular complexity index is 378. The Morgan fingerprint density at radius 3 is 2.69 bits per heavy atom. The van der Waals surface area contributed by atoms with E-state index in [2.05, 4.69) is 27.7 Å². The molecule has 1 fully saturated rings. The molecule has 0 amide bonds. The molecule has 2 atom stereocenters. The van der Waals surface area contributed by atoms with E-state index in [0.717, 1.165) is 27.9 Å². The smallest absolute Gasteiger partial charge is 0.135 e. The molecule has 90 valence electrons. The van der Waals surface area contributed by atoms with Crippen molar-refractivity contribution in [2.24, 2.45) is 0 Å². The van der Waals surface area contributed by atoms with E-state index in [1.165, 1.54) is 12.8 Å². The molecule has 1 aromatic heterocycles. The molecule has 2 N–H and O–H groups in total. The van der Waals surface area contributed by atoms with Crippen LogP contribution in [0.15, 0.2) is 0 Å². The van der Waals surface area contributed by atoms with Crippen molar-refractivity contribution in [2.45, 2.75) is 44.8 Å². The van der Waals surface area contributed by atoms with Crippen LogP contribution in [0.25, 0.3) is 0 Å². The third kappa shape index (κ3) is 2.07. The summed E-state index contributed by atoms with van der Waals surface area (Å²) in [6, 6.07) is 0.306. The Kier molecular flexibility index (Phi) is 3.73. The molecular formula is C11H18IN3O. The normalized spacial score (nSPS) is 25.9. The molecule has 16 heavy (non-hydrogen) atoms. The van der Waals surface area contributed by atoms with Crippen LogP contribution in [-0.4, -0.2) is 23.0 Å². The number of rotatable bonds is 2. The number of aromatic nitrogens is 2. The molecule has 1 aliphatic carbocycles. The highest BCUT2D eigenvalue weighted by atomic mass is 127. The summed E-state index contributed by atoms with van der Waals surface area (Å²) in [4.78, 5) is 0. The summed E-state index contributed by atoms with van der Waals surface area (Å²) >= 11 is 2.26. The van der Waals surface area contributed by atoms with Crippen molar-refractivity contribution in [3.63, 3.8) is 0 Å². The zero-order chi connectivity index (χ0) is 11.7. The molecule has 1 saturated carbocycles. The molecule has 1 aromatic rings. The predicted octanol–water partition coefficient (Wildman–Crippen LogP) is 2.51. The van der Waals surface area contributed by atoms with E-state index in [0.29, 0.717) is 6.04 Å². The summed E-state index contributed by atoms with van der Waals surface area (Å²) < 4.78 is 8.57. The van der Waals surface area contributed by atoms with Gasteiger partial charge in [0.1, 0.15) is 5.82 Å². The van der Waals surface area contributed by atoms with E-state index in [1.807, 2.05) is 11.6 Å². The average Bonchev–Trinajstić information content (AvgIpc) is 2.57. The molecule has 1 heterocycles. The van der Waals surface area contributed by atoms with Crippen molar-refractivity contribution in [1.82, 2.24) is 9.78 Å². The minimum absolute atomic E-state index is 0.256. The van der Waals surface area contributed by atoms with Gasteiger partial charge in [-0.05, 0) is 42.4 Å². The van der Waals surface area contributed by atoms with Crippen molar-refractivity contribution in [3.8, 4) is 0 Å². The van der Waals surface area contributed by atoms with Crippen LogP contribution in [0.1, 0.15) is 37.4 Å². The van der Waals surface area contributed by atoms with Gasteiger partial charge in [-0.25, -0.2) is 4.68 Å². The molecule has 0 aliphatic heterocycles. The molecule has 4 nitrogen and oxygen atoms in total. The molecule has 1 aliphatic rings. The van der Waals surface area contributed by atoms with Crippen molar-refractivity contribution >= 4 is 28.4 Å². The maximum absolute atomic E-state index is 6.09. The molecule has 0 aromatic carbocycles. The molecule has 0 saturated heterocycles. The summed E-state index contributed by atoms with van der Waals surface area (Å²) in [6.45, 7) is 2.00. The number of nitrogens with two attached hydrogens (primary N) is 1. The van der Waals surface area contributed by atoms with Crippen LogP contribution in [0.5, 0.6) is 0 Å². The fourth-order valence-electron chi connectivity index (χ4n) is 2.43. The SMILES string of the molecule is COC1CCCCC1n1nc(C)c(I)c1N. The van der Waals surface area contributed by atoms with E-state index in [-0.39, 0.29) is 6.10 Å². The van der Waals surface area contributed by atoms with Crippen LogP contribution in [-0.2, 0) is 4.74 Å². The molecule has 0 radical (unpaired) electrons. The number of anilines is 1. The summed E-state index contributed by atoms with van der Waals surface area (Å²) in [6.07, 6.45) is 4.95. The Morgan fingerprint density at radius 1 is 1.44 bits per heavy atom. The van der Waals surface area contributed by atoms with Crippen LogP contribution in [0.3, 0.4) is 0 Å². The number of hydrogen-bond acceptors (Lipinski definition) is 3. The second-order valence-corrected chi connectivity index (χ2v) is 5.43. The number of halogens is 1. The van der Waals surface area contributed by atoms with Crippen molar-refractivity contribution < 1.29 is 4.74 Å². The molecule has 2 rings (SSSR count). The topological polar surface area (TPSA) is 53.1 Å². The summed E-state index contributed by atoms with van der Waals surface area (Å²) in [5, 5.41) is 4.54. The third-order valence-electron chi connectivity index (χ3n) is 3.33. The highest BCUT2D eigenvalue weighted by molar-refractivity contribution is 14.1. The highest BCUT2D eigenvalue weighted by Crippen LogP contribution is 2.33. The number of nitrogens with zero attached hydrogens (tertiary/aromatic N) is 2. The van der Waals surface area contributed by atoms with Gasteiger partial charge < -0.3 is 10.5 Å². The van der Waals surface area contributed by atoms with E-state index in [4.69, 9.17) is 10.5 Å². The van der Waals surface area contributed by atoms with Crippen LogP contribution < -0.4 is 5.73 Å². The first-order chi connectivity index (χ1) is 7.65. The maximum Gasteiger partial charge on any atom is 0.135 e. The first kappa shape index (κ1) is 12.2. The first-order valence-corrected chi connectivity index (χ1v) is 6.76. The Morgan fingerprint density at radius 2 is 2.12 bits per heavy atom. The lowest BCUT2D eigenvalue weighted by Gasteiger charge is -2.31. The zero-order valence-electron chi connectivity index (χ0n) is 9.74. The monoisotopic (exact) mass is 335 g/mol. The van der Waals surface area contributed by atoms with Gasteiger partial charge in [0, 0.05) is 7.11 Å². The standard InChI is InChI=1S/C11H18IN3O/c1-7-10(12)11(13)15(14-7)8-5-3-4-6-9(8)16-2/h8-9H,3-6,13H2,1-2H3. The van der Waals surface area contributed by atoms with Crippen LogP contribution in [0, 0.1) is 10.5 Å². The van der Waals surface area contributed by atoms with Gasteiger partial charge >= 0.3 is 0 Å². The van der Waals surface area contributed by atoms with E-state index in [1.54, 1.807) is 7.11 Å². The van der Waals surface area contributed by atoms with E-state index in [9.17, 15) is 0 Å². The lowest BCUT2D eigenvalue weighted by Crippen LogP contribution is -2.30. The number of nitrogen functional groups attached to an aromatic ring is 1. The van der Waals surface area contributed by atoms with Crippen LogP contribution >= 0.6 is 22.6 Å². The van der Waals surface area contributed by atoms with Crippen LogP contribution in [0.4, 0.5) is 5.82 Å².